The summed E-state index contributed by atoms with van der Waals surface area (Å²) in [5.41, 5.74) is 4.01. The molecule has 136 valence electrons. The van der Waals surface area contributed by atoms with Crippen molar-refractivity contribution in [3.63, 3.8) is 0 Å². The minimum atomic E-state index is 0. The standard InChI is InChI=1S/C20H25NO3.ClH/c1-22-18-11-14(12-19(23-2)20(18)24-3)13-21-17-10-6-8-15-7-4-5-9-16(15)17;/h4-5,7,9,11-12,17,21H,6,8,10,13H2,1-3H3;1H. The van der Waals surface area contributed by atoms with Gasteiger partial charge in [-0.25, -0.2) is 0 Å². The highest BCUT2D eigenvalue weighted by molar-refractivity contribution is 5.85. The van der Waals surface area contributed by atoms with Gasteiger partial charge in [0, 0.05) is 12.6 Å². The molecule has 2 aromatic rings. The van der Waals surface area contributed by atoms with E-state index in [4.69, 9.17) is 14.2 Å². The summed E-state index contributed by atoms with van der Waals surface area (Å²) in [6.45, 7) is 0.760. The van der Waals surface area contributed by atoms with E-state index in [1.807, 2.05) is 12.1 Å². The summed E-state index contributed by atoms with van der Waals surface area (Å²) in [6, 6.07) is 13.1. The Bertz CT molecular complexity index is 680. The van der Waals surface area contributed by atoms with Crippen molar-refractivity contribution >= 4 is 12.4 Å². The number of nitrogens with one attached hydrogen (secondary N) is 1. The molecule has 4 nitrogen and oxygen atoms in total. The molecule has 1 aliphatic carbocycles. The molecule has 0 amide bonds. The van der Waals surface area contributed by atoms with Gasteiger partial charge in [-0.15, -0.1) is 12.4 Å². The Kier molecular flexibility index (Phi) is 6.97. The molecule has 0 saturated heterocycles. The van der Waals surface area contributed by atoms with Gasteiger partial charge in [0.25, 0.3) is 0 Å². The van der Waals surface area contributed by atoms with Crippen LogP contribution < -0.4 is 19.5 Å². The van der Waals surface area contributed by atoms with Crippen LogP contribution in [0.3, 0.4) is 0 Å². The summed E-state index contributed by atoms with van der Waals surface area (Å²) in [6.07, 6.45) is 3.57. The number of benzene rings is 2. The highest BCUT2D eigenvalue weighted by Crippen LogP contribution is 2.38. The minimum absolute atomic E-state index is 0. The fourth-order valence-corrected chi connectivity index (χ4v) is 3.44. The molecule has 0 bridgehead atoms. The smallest absolute Gasteiger partial charge is 0.203 e. The maximum absolute atomic E-state index is 5.43. The molecule has 1 atom stereocenters. The van der Waals surface area contributed by atoms with Crippen LogP contribution in [0.15, 0.2) is 36.4 Å². The maximum Gasteiger partial charge on any atom is 0.203 e. The lowest BCUT2D eigenvalue weighted by Gasteiger charge is -2.26. The van der Waals surface area contributed by atoms with Gasteiger partial charge in [0.2, 0.25) is 5.75 Å². The average Bonchev–Trinajstić information content (AvgIpc) is 2.65. The van der Waals surface area contributed by atoms with Crippen molar-refractivity contribution in [1.29, 1.82) is 0 Å². The van der Waals surface area contributed by atoms with Crippen molar-refractivity contribution in [3.05, 3.63) is 53.1 Å². The van der Waals surface area contributed by atoms with E-state index in [-0.39, 0.29) is 12.4 Å². The van der Waals surface area contributed by atoms with Crippen LogP contribution in [0, 0.1) is 0 Å². The van der Waals surface area contributed by atoms with Crippen LogP contribution in [-0.2, 0) is 13.0 Å². The van der Waals surface area contributed by atoms with Crippen molar-refractivity contribution < 1.29 is 14.2 Å². The van der Waals surface area contributed by atoms with E-state index in [1.54, 1.807) is 21.3 Å². The molecule has 1 unspecified atom stereocenters. The highest BCUT2D eigenvalue weighted by Gasteiger charge is 2.20. The number of aryl methyl sites for hydroxylation is 1. The average molecular weight is 364 g/mol. The largest absolute Gasteiger partial charge is 0.493 e. The van der Waals surface area contributed by atoms with Gasteiger partial charge in [-0.05, 0) is 48.1 Å². The second kappa shape index (κ2) is 8.97. The number of halogens is 1. The molecule has 1 N–H and O–H groups in total. The number of hydrogen-bond acceptors (Lipinski definition) is 4. The molecule has 0 heterocycles. The van der Waals surface area contributed by atoms with Crippen LogP contribution in [0.4, 0.5) is 0 Å². The van der Waals surface area contributed by atoms with Gasteiger partial charge >= 0.3 is 0 Å². The molecule has 1 aliphatic rings. The second-order valence-electron chi connectivity index (χ2n) is 6.06. The minimum Gasteiger partial charge on any atom is -0.493 e. The molecule has 3 rings (SSSR count). The number of methoxy groups -OCH3 is 3. The molecule has 0 saturated carbocycles. The summed E-state index contributed by atoms with van der Waals surface area (Å²) < 4.78 is 16.3. The van der Waals surface area contributed by atoms with Gasteiger partial charge in [-0.3, -0.25) is 0 Å². The lowest BCUT2D eigenvalue weighted by molar-refractivity contribution is 0.323. The zero-order valence-electron chi connectivity index (χ0n) is 15.0. The summed E-state index contributed by atoms with van der Waals surface area (Å²) in [5.74, 6) is 2.02. The van der Waals surface area contributed by atoms with Crippen LogP contribution in [-0.4, -0.2) is 21.3 Å². The highest BCUT2D eigenvalue weighted by atomic mass is 35.5. The fraction of sp³-hybridized carbons (Fsp3) is 0.400. The third-order valence-corrected chi connectivity index (χ3v) is 4.65. The first-order chi connectivity index (χ1) is 11.8. The Morgan fingerprint density at radius 2 is 1.68 bits per heavy atom. The van der Waals surface area contributed by atoms with Crippen molar-refractivity contribution in [2.75, 3.05) is 21.3 Å². The van der Waals surface area contributed by atoms with Gasteiger partial charge in [0.1, 0.15) is 0 Å². The zero-order chi connectivity index (χ0) is 16.9. The van der Waals surface area contributed by atoms with Gasteiger partial charge in [-0.2, -0.15) is 0 Å². The Morgan fingerprint density at radius 3 is 2.32 bits per heavy atom. The zero-order valence-corrected chi connectivity index (χ0v) is 15.8. The van der Waals surface area contributed by atoms with Crippen molar-refractivity contribution in [2.45, 2.75) is 31.8 Å². The Balaban J connectivity index is 0.00000225. The summed E-state index contributed by atoms with van der Waals surface area (Å²) in [4.78, 5) is 0. The van der Waals surface area contributed by atoms with E-state index in [1.165, 1.54) is 30.4 Å². The molecule has 2 aromatic carbocycles. The van der Waals surface area contributed by atoms with Crippen LogP contribution in [0.5, 0.6) is 17.2 Å². The number of ether oxygens (including phenoxy) is 3. The summed E-state index contributed by atoms with van der Waals surface area (Å²) in [5, 5.41) is 3.68. The Hall–Kier alpha value is -1.91. The first-order valence-corrected chi connectivity index (χ1v) is 8.37. The number of fused-ring (bicyclic) bond motifs is 1. The number of hydrogen-bond donors (Lipinski definition) is 1. The first-order valence-electron chi connectivity index (χ1n) is 8.37. The van der Waals surface area contributed by atoms with Crippen LogP contribution >= 0.6 is 12.4 Å². The van der Waals surface area contributed by atoms with Crippen molar-refractivity contribution in [3.8, 4) is 17.2 Å². The van der Waals surface area contributed by atoms with E-state index in [2.05, 4.69) is 29.6 Å². The van der Waals surface area contributed by atoms with Gasteiger partial charge in [0.15, 0.2) is 11.5 Å². The predicted octanol–water partition coefficient (Wildman–Crippen LogP) is 4.30. The molecule has 0 spiro atoms. The van der Waals surface area contributed by atoms with Crippen LogP contribution in [0.2, 0.25) is 0 Å². The molecule has 0 aliphatic heterocycles. The SMILES string of the molecule is COc1cc(CNC2CCCc3ccccc32)cc(OC)c1OC.Cl. The lowest BCUT2D eigenvalue weighted by atomic mass is 9.87. The molecular weight excluding hydrogens is 338 g/mol. The van der Waals surface area contributed by atoms with Gasteiger partial charge in [0.05, 0.1) is 21.3 Å². The van der Waals surface area contributed by atoms with E-state index >= 15 is 0 Å². The van der Waals surface area contributed by atoms with E-state index in [0.29, 0.717) is 23.3 Å². The molecule has 5 heteroatoms. The molecular formula is C20H26ClNO3. The second-order valence-corrected chi connectivity index (χ2v) is 6.06. The normalized spacial score (nSPS) is 15.7. The molecule has 0 fully saturated rings. The van der Waals surface area contributed by atoms with E-state index in [9.17, 15) is 0 Å². The summed E-state index contributed by atoms with van der Waals surface area (Å²) >= 11 is 0. The molecule has 0 radical (unpaired) electrons. The number of rotatable bonds is 6. The van der Waals surface area contributed by atoms with E-state index < -0.39 is 0 Å². The monoisotopic (exact) mass is 363 g/mol. The quantitative estimate of drug-likeness (QED) is 0.830. The Morgan fingerprint density at radius 1 is 1.00 bits per heavy atom. The van der Waals surface area contributed by atoms with Gasteiger partial charge < -0.3 is 19.5 Å². The first kappa shape index (κ1) is 19.4. The molecule has 25 heavy (non-hydrogen) atoms. The van der Waals surface area contributed by atoms with Crippen molar-refractivity contribution in [2.24, 2.45) is 0 Å². The lowest BCUT2D eigenvalue weighted by Crippen LogP contribution is -2.24. The third kappa shape index (κ3) is 4.20. The van der Waals surface area contributed by atoms with Crippen LogP contribution in [0.25, 0.3) is 0 Å². The topological polar surface area (TPSA) is 39.7 Å². The Labute approximate surface area is 155 Å². The van der Waals surface area contributed by atoms with Crippen molar-refractivity contribution in [1.82, 2.24) is 5.32 Å². The summed E-state index contributed by atoms with van der Waals surface area (Å²) in [7, 11) is 4.91. The van der Waals surface area contributed by atoms with Gasteiger partial charge in [-0.1, -0.05) is 24.3 Å². The third-order valence-electron chi connectivity index (χ3n) is 4.65. The van der Waals surface area contributed by atoms with Crippen LogP contribution in [0.1, 0.15) is 35.6 Å². The molecule has 0 aromatic heterocycles. The maximum atomic E-state index is 5.43. The fourth-order valence-electron chi connectivity index (χ4n) is 3.44. The van der Waals surface area contributed by atoms with E-state index in [0.717, 1.165) is 12.1 Å². The predicted molar refractivity (Wildman–Crippen MR) is 102 cm³/mol.